The second-order valence-corrected chi connectivity index (χ2v) is 3.30. The van der Waals surface area contributed by atoms with Crippen LogP contribution in [0.2, 0.25) is 0 Å². The normalized spacial score (nSPS) is 8.50. The first kappa shape index (κ1) is 12.6. The summed E-state index contributed by atoms with van der Waals surface area (Å²) in [5.74, 6) is -0.333. The van der Waals surface area contributed by atoms with Crippen molar-refractivity contribution in [3.8, 4) is 0 Å². The highest BCUT2D eigenvalue weighted by Crippen LogP contribution is 2.04. The first-order valence-electron chi connectivity index (χ1n) is 4.51. The van der Waals surface area contributed by atoms with Gasteiger partial charge >= 0.3 is 0 Å². The molecule has 0 radical (unpaired) electrons. The summed E-state index contributed by atoms with van der Waals surface area (Å²) >= 11 is 0. The molecule has 0 amide bonds. The van der Waals surface area contributed by atoms with Crippen molar-refractivity contribution in [1.82, 2.24) is 0 Å². The Kier molecular flexibility index (Phi) is 6.38. The van der Waals surface area contributed by atoms with Crippen LogP contribution in [0.4, 0.5) is 4.39 Å². The Morgan fingerprint density at radius 1 is 1.14 bits per heavy atom. The fraction of sp³-hybridized carbons (Fsp3) is 0.231. The molecule has 0 unspecified atom stereocenters. The van der Waals surface area contributed by atoms with Gasteiger partial charge in [-0.3, -0.25) is 0 Å². The van der Waals surface area contributed by atoms with Gasteiger partial charge in [0, 0.05) is 0 Å². The number of halogens is 1. The lowest BCUT2D eigenvalue weighted by atomic mass is 10.1. The van der Waals surface area contributed by atoms with E-state index in [0.29, 0.717) is 0 Å². The summed E-state index contributed by atoms with van der Waals surface area (Å²) in [4.78, 5) is 0. The number of hydrogen-bond acceptors (Lipinski definition) is 0. The summed E-state index contributed by atoms with van der Waals surface area (Å²) < 4.78 is 10.8. The number of hydrogen-bond donors (Lipinski definition) is 0. The van der Waals surface area contributed by atoms with Crippen LogP contribution in [0.1, 0.15) is 19.4 Å². The van der Waals surface area contributed by atoms with Gasteiger partial charge in [0.25, 0.3) is 0 Å². The van der Waals surface area contributed by atoms with E-state index in [9.17, 15) is 4.39 Å². The molecule has 0 aromatic heterocycles. The van der Waals surface area contributed by atoms with Gasteiger partial charge in [0.05, 0.1) is 5.83 Å². The minimum atomic E-state index is -0.333. The van der Waals surface area contributed by atoms with Crippen LogP contribution in [0.5, 0.6) is 0 Å². The fourth-order valence-electron chi connectivity index (χ4n) is 0.944. The van der Waals surface area contributed by atoms with Gasteiger partial charge in [-0.2, -0.15) is 0 Å². The molecule has 0 atom stereocenters. The second-order valence-electron chi connectivity index (χ2n) is 3.30. The van der Waals surface area contributed by atoms with Gasteiger partial charge in [-0.05, 0) is 25.8 Å². The van der Waals surface area contributed by atoms with Gasteiger partial charge < -0.3 is 0 Å². The Morgan fingerprint density at radius 2 is 1.57 bits per heavy atom. The van der Waals surface area contributed by atoms with Crippen molar-refractivity contribution >= 4 is 0 Å². The average molecular weight is 192 g/mol. The quantitative estimate of drug-likeness (QED) is 0.613. The molecular weight excluding hydrogens is 175 g/mol. The lowest BCUT2D eigenvalue weighted by Crippen LogP contribution is -1.82. The molecule has 0 saturated heterocycles. The van der Waals surface area contributed by atoms with Crippen LogP contribution in [0.25, 0.3) is 0 Å². The van der Waals surface area contributed by atoms with Crippen LogP contribution in [-0.4, -0.2) is 0 Å². The average Bonchev–Trinajstić information content (AvgIpc) is 2.03. The van der Waals surface area contributed by atoms with Crippen LogP contribution in [0.15, 0.2) is 54.9 Å². The number of allylic oxidation sites excluding steroid dienone is 2. The maximum atomic E-state index is 10.8. The maximum absolute atomic E-state index is 10.8. The molecule has 1 rings (SSSR count). The van der Waals surface area contributed by atoms with Crippen molar-refractivity contribution in [2.45, 2.75) is 20.3 Å². The second kappa shape index (κ2) is 7.07. The van der Waals surface area contributed by atoms with Gasteiger partial charge in [-0.25, -0.2) is 4.39 Å². The minimum Gasteiger partial charge on any atom is -0.213 e. The van der Waals surface area contributed by atoms with Gasteiger partial charge in [0.15, 0.2) is 0 Å². The predicted molar refractivity (Wildman–Crippen MR) is 60.9 cm³/mol. The zero-order chi connectivity index (χ0) is 11.0. The fourth-order valence-corrected chi connectivity index (χ4v) is 0.944. The van der Waals surface area contributed by atoms with E-state index in [1.54, 1.807) is 0 Å². The summed E-state index contributed by atoms with van der Waals surface area (Å²) in [5.41, 5.74) is 2.56. The van der Waals surface area contributed by atoms with Gasteiger partial charge in [-0.1, -0.05) is 49.1 Å². The predicted octanol–water partition coefficient (Wildman–Crippen LogP) is 4.29. The zero-order valence-corrected chi connectivity index (χ0v) is 8.89. The maximum Gasteiger partial charge on any atom is 0.0897 e. The van der Waals surface area contributed by atoms with E-state index in [2.05, 4.69) is 37.4 Å². The Balaban J connectivity index is 0.000000364. The highest BCUT2D eigenvalue weighted by Gasteiger charge is 1.88. The van der Waals surface area contributed by atoms with Crippen molar-refractivity contribution in [3.05, 3.63) is 60.5 Å². The molecule has 0 aliphatic rings. The Labute approximate surface area is 85.8 Å². The molecule has 0 aliphatic carbocycles. The molecule has 0 nitrogen and oxygen atoms in total. The van der Waals surface area contributed by atoms with E-state index in [1.165, 1.54) is 18.1 Å². The number of rotatable bonds is 2. The molecule has 0 saturated carbocycles. The van der Waals surface area contributed by atoms with Crippen molar-refractivity contribution in [1.29, 1.82) is 0 Å². The van der Waals surface area contributed by atoms with Crippen LogP contribution >= 0.6 is 0 Å². The molecule has 1 aromatic carbocycles. The SMILES string of the molecule is C=C(C)Cc1ccccc1.C=C(C)F. The van der Waals surface area contributed by atoms with E-state index < -0.39 is 0 Å². The Bertz CT molecular complexity index is 281. The molecule has 1 aromatic rings. The van der Waals surface area contributed by atoms with Crippen molar-refractivity contribution < 1.29 is 4.39 Å². The smallest absolute Gasteiger partial charge is 0.0897 e. The van der Waals surface area contributed by atoms with E-state index in [4.69, 9.17) is 0 Å². The van der Waals surface area contributed by atoms with Gasteiger partial charge in [-0.15, -0.1) is 0 Å². The summed E-state index contributed by atoms with van der Waals surface area (Å²) in [6.07, 6.45) is 1.00. The molecule has 14 heavy (non-hydrogen) atoms. The van der Waals surface area contributed by atoms with E-state index in [1.807, 2.05) is 13.0 Å². The third kappa shape index (κ3) is 8.72. The molecule has 0 aliphatic heterocycles. The monoisotopic (exact) mass is 192 g/mol. The third-order valence-electron chi connectivity index (χ3n) is 1.35. The largest absolute Gasteiger partial charge is 0.213 e. The highest BCUT2D eigenvalue weighted by molar-refractivity contribution is 5.19. The van der Waals surface area contributed by atoms with Crippen molar-refractivity contribution in [3.63, 3.8) is 0 Å². The molecule has 1 heteroatoms. The molecule has 0 fully saturated rings. The highest BCUT2D eigenvalue weighted by atomic mass is 19.1. The Morgan fingerprint density at radius 3 is 1.93 bits per heavy atom. The molecule has 0 bridgehead atoms. The van der Waals surface area contributed by atoms with Crippen LogP contribution < -0.4 is 0 Å². The first-order chi connectivity index (χ1) is 6.52. The van der Waals surface area contributed by atoms with Crippen LogP contribution in [0, 0.1) is 0 Å². The third-order valence-corrected chi connectivity index (χ3v) is 1.35. The minimum absolute atomic E-state index is 0.333. The van der Waals surface area contributed by atoms with Crippen LogP contribution in [-0.2, 0) is 6.42 Å². The topological polar surface area (TPSA) is 0 Å². The summed E-state index contributed by atoms with van der Waals surface area (Å²) in [5, 5.41) is 0. The van der Waals surface area contributed by atoms with E-state index in [-0.39, 0.29) is 5.83 Å². The summed E-state index contributed by atoms with van der Waals surface area (Å²) in [6, 6.07) is 10.4. The first-order valence-corrected chi connectivity index (χ1v) is 4.51. The lowest BCUT2D eigenvalue weighted by molar-refractivity contribution is 0.645. The van der Waals surface area contributed by atoms with E-state index in [0.717, 1.165) is 6.42 Å². The number of benzene rings is 1. The molecule has 0 spiro atoms. The van der Waals surface area contributed by atoms with Crippen molar-refractivity contribution in [2.75, 3.05) is 0 Å². The van der Waals surface area contributed by atoms with E-state index >= 15 is 0 Å². The lowest BCUT2D eigenvalue weighted by Gasteiger charge is -1.97. The molecule has 76 valence electrons. The Hall–Kier alpha value is -1.37. The molecular formula is C13H17F. The molecule has 0 heterocycles. The standard InChI is InChI=1S/C10H12.C3H5F/c1-9(2)8-10-6-4-3-5-7-10;1-3(2)4/h3-7H,1,8H2,2H3;1H2,2H3. The zero-order valence-electron chi connectivity index (χ0n) is 8.89. The van der Waals surface area contributed by atoms with Gasteiger partial charge in [0.2, 0.25) is 0 Å². The van der Waals surface area contributed by atoms with Gasteiger partial charge in [0.1, 0.15) is 0 Å². The molecule has 0 N–H and O–H groups in total. The summed E-state index contributed by atoms with van der Waals surface area (Å²) in [6.45, 7) is 10.1. The summed E-state index contributed by atoms with van der Waals surface area (Å²) in [7, 11) is 0. The van der Waals surface area contributed by atoms with Crippen LogP contribution in [0.3, 0.4) is 0 Å². The van der Waals surface area contributed by atoms with Crippen molar-refractivity contribution in [2.24, 2.45) is 0 Å².